The second-order valence-corrected chi connectivity index (χ2v) is 5.23. The zero-order valence-corrected chi connectivity index (χ0v) is 13.5. The van der Waals surface area contributed by atoms with Crippen LogP contribution in [0.25, 0.3) is 0 Å². The van der Waals surface area contributed by atoms with Crippen LogP contribution in [0, 0.1) is 13.8 Å². The number of hydrogen-bond acceptors (Lipinski definition) is 3. The molecule has 5 nitrogen and oxygen atoms in total. The van der Waals surface area contributed by atoms with Crippen LogP contribution in [0.1, 0.15) is 21.5 Å². The van der Waals surface area contributed by atoms with E-state index in [0.29, 0.717) is 11.3 Å². The van der Waals surface area contributed by atoms with E-state index in [0.717, 1.165) is 16.9 Å². The predicted molar refractivity (Wildman–Crippen MR) is 89.9 cm³/mol. The zero-order valence-electron chi connectivity index (χ0n) is 13.5. The van der Waals surface area contributed by atoms with Crippen molar-refractivity contribution in [2.24, 2.45) is 0 Å². The number of carbonyl (C=O) groups is 2. The fourth-order valence-electron chi connectivity index (χ4n) is 2.19. The van der Waals surface area contributed by atoms with Gasteiger partial charge in [-0.2, -0.15) is 0 Å². The van der Waals surface area contributed by atoms with Gasteiger partial charge in [0.15, 0.2) is 0 Å². The normalized spacial score (nSPS) is 10.0. The molecule has 2 N–H and O–H groups in total. The first-order valence-corrected chi connectivity index (χ1v) is 7.29. The van der Waals surface area contributed by atoms with Crippen LogP contribution in [0.15, 0.2) is 42.5 Å². The van der Waals surface area contributed by atoms with E-state index in [4.69, 9.17) is 4.74 Å². The first-order chi connectivity index (χ1) is 11.0. The van der Waals surface area contributed by atoms with Crippen molar-refractivity contribution in [1.82, 2.24) is 5.32 Å². The van der Waals surface area contributed by atoms with E-state index < -0.39 is 0 Å². The average molecular weight is 312 g/mol. The third-order valence-corrected chi connectivity index (χ3v) is 3.46. The van der Waals surface area contributed by atoms with Gasteiger partial charge in [0, 0.05) is 11.3 Å². The Bertz CT molecular complexity index is 712. The molecule has 0 heterocycles. The van der Waals surface area contributed by atoms with Crippen LogP contribution >= 0.6 is 0 Å². The van der Waals surface area contributed by atoms with Gasteiger partial charge in [0.2, 0.25) is 5.91 Å². The quantitative estimate of drug-likeness (QED) is 0.892. The molecule has 0 saturated heterocycles. The average Bonchev–Trinajstić information content (AvgIpc) is 2.56. The number of carbonyl (C=O) groups excluding carboxylic acids is 2. The van der Waals surface area contributed by atoms with E-state index in [1.165, 1.54) is 0 Å². The Balaban J connectivity index is 1.95. The first kappa shape index (κ1) is 16.5. The molecule has 0 radical (unpaired) electrons. The van der Waals surface area contributed by atoms with Crippen molar-refractivity contribution in [1.29, 1.82) is 0 Å². The van der Waals surface area contributed by atoms with Crippen molar-refractivity contribution in [3.05, 3.63) is 59.2 Å². The number of methoxy groups -OCH3 is 1. The molecule has 0 atom stereocenters. The van der Waals surface area contributed by atoms with Crippen molar-refractivity contribution >= 4 is 17.5 Å². The molecule has 0 aliphatic rings. The van der Waals surface area contributed by atoms with Crippen molar-refractivity contribution < 1.29 is 14.3 Å². The standard InChI is InChI=1S/C18H20N2O3/c1-12-10-16(23-3)13(2)9-15(12)20-17(21)11-19-18(22)14-7-5-4-6-8-14/h4-10H,11H2,1-3H3,(H,19,22)(H,20,21). The van der Waals surface area contributed by atoms with Crippen LogP contribution in [-0.2, 0) is 4.79 Å². The molecule has 2 amide bonds. The largest absolute Gasteiger partial charge is 0.496 e. The van der Waals surface area contributed by atoms with E-state index in [1.54, 1.807) is 31.4 Å². The maximum atomic E-state index is 12.0. The lowest BCUT2D eigenvalue weighted by Crippen LogP contribution is -2.33. The minimum absolute atomic E-state index is 0.0851. The molecule has 0 aromatic heterocycles. The fourth-order valence-corrected chi connectivity index (χ4v) is 2.19. The Morgan fingerprint density at radius 2 is 1.74 bits per heavy atom. The van der Waals surface area contributed by atoms with Crippen molar-refractivity contribution in [2.75, 3.05) is 19.0 Å². The highest BCUT2D eigenvalue weighted by Crippen LogP contribution is 2.25. The fraction of sp³-hybridized carbons (Fsp3) is 0.222. The van der Waals surface area contributed by atoms with Gasteiger partial charge in [0.25, 0.3) is 5.91 Å². The SMILES string of the molecule is COc1cc(C)c(NC(=O)CNC(=O)c2ccccc2)cc1C. The number of hydrogen-bond donors (Lipinski definition) is 2. The van der Waals surface area contributed by atoms with E-state index in [1.807, 2.05) is 32.0 Å². The summed E-state index contributed by atoms with van der Waals surface area (Å²) in [4.78, 5) is 23.9. The summed E-state index contributed by atoms with van der Waals surface area (Å²) in [6.07, 6.45) is 0. The summed E-state index contributed by atoms with van der Waals surface area (Å²) in [7, 11) is 1.61. The lowest BCUT2D eigenvalue weighted by molar-refractivity contribution is -0.115. The summed E-state index contributed by atoms with van der Waals surface area (Å²) in [6, 6.07) is 12.5. The van der Waals surface area contributed by atoms with Gasteiger partial charge in [0.05, 0.1) is 13.7 Å². The summed E-state index contributed by atoms with van der Waals surface area (Å²) < 4.78 is 5.24. The van der Waals surface area contributed by atoms with Gasteiger partial charge < -0.3 is 15.4 Å². The molecule has 23 heavy (non-hydrogen) atoms. The molecular formula is C18H20N2O3. The lowest BCUT2D eigenvalue weighted by atomic mass is 10.1. The minimum Gasteiger partial charge on any atom is -0.496 e. The van der Waals surface area contributed by atoms with Gasteiger partial charge in [0.1, 0.15) is 5.75 Å². The Hall–Kier alpha value is -2.82. The minimum atomic E-state index is -0.276. The highest BCUT2D eigenvalue weighted by atomic mass is 16.5. The molecule has 0 fully saturated rings. The summed E-state index contributed by atoms with van der Waals surface area (Å²) in [6.45, 7) is 3.71. The molecule has 5 heteroatoms. The Morgan fingerprint density at radius 1 is 1.04 bits per heavy atom. The molecule has 2 aromatic carbocycles. The van der Waals surface area contributed by atoms with Crippen LogP contribution < -0.4 is 15.4 Å². The van der Waals surface area contributed by atoms with E-state index >= 15 is 0 Å². The molecular weight excluding hydrogens is 292 g/mol. The zero-order chi connectivity index (χ0) is 16.8. The van der Waals surface area contributed by atoms with Gasteiger partial charge in [-0.3, -0.25) is 9.59 Å². The number of ether oxygens (including phenoxy) is 1. The maximum Gasteiger partial charge on any atom is 0.251 e. The molecule has 0 unspecified atom stereocenters. The predicted octanol–water partition coefficient (Wildman–Crippen LogP) is 2.68. The third kappa shape index (κ3) is 4.32. The number of amides is 2. The van der Waals surface area contributed by atoms with Crippen molar-refractivity contribution in [2.45, 2.75) is 13.8 Å². The second-order valence-electron chi connectivity index (χ2n) is 5.23. The van der Waals surface area contributed by atoms with E-state index in [9.17, 15) is 9.59 Å². The molecule has 120 valence electrons. The monoisotopic (exact) mass is 312 g/mol. The summed E-state index contributed by atoms with van der Waals surface area (Å²) in [5, 5.41) is 5.40. The van der Waals surface area contributed by atoms with Crippen molar-refractivity contribution in [3.63, 3.8) is 0 Å². The van der Waals surface area contributed by atoms with Crippen LogP contribution in [0.2, 0.25) is 0 Å². The van der Waals surface area contributed by atoms with Crippen LogP contribution in [0.3, 0.4) is 0 Å². The van der Waals surface area contributed by atoms with E-state index in [-0.39, 0.29) is 18.4 Å². The second kappa shape index (κ2) is 7.45. The van der Waals surface area contributed by atoms with Crippen LogP contribution in [0.5, 0.6) is 5.75 Å². The van der Waals surface area contributed by atoms with Gasteiger partial charge in [-0.1, -0.05) is 18.2 Å². The van der Waals surface area contributed by atoms with Crippen LogP contribution in [-0.4, -0.2) is 25.5 Å². The molecule has 2 rings (SSSR count). The van der Waals surface area contributed by atoms with Crippen molar-refractivity contribution in [3.8, 4) is 5.75 Å². The Morgan fingerprint density at radius 3 is 2.39 bits per heavy atom. The third-order valence-electron chi connectivity index (χ3n) is 3.46. The number of anilines is 1. The maximum absolute atomic E-state index is 12.0. The summed E-state index contributed by atoms with van der Waals surface area (Å²) in [5.74, 6) is 0.225. The highest BCUT2D eigenvalue weighted by molar-refractivity contribution is 5.99. The van der Waals surface area contributed by atoms with Gasteiger partial charge in [-0.15, -0.1) is 0 Å². The number of benzene rings is 2. The Kier molecular flexibility index (Phi) is 5.36. The summed E-state index contributed by atoms with van der Waals surface area (Å²) in [5.41, 5.74) is 3.07. The van der Waals surface area contributed by atoms with Crippen LogP contribution in [0.4, 0.5) is 5.69 Å². The molecule has 0 aliphatic heterocycles. The number of nitrogens with one attached hydrogen (secondary N) is 2. The molecule has 0 spiro atoms. The molecule has 0 saturated carbocycles. The lowest BCUT2D eigenvalue weighted by Gasteiger charge is -2.13. The van der Waals surface area contributed by atoms with Gasteiger partial charge >= 0.3 is 0 Å². The highest BCUT2D eigenvalue weighted by Gasteiger charge is 2.10. The topological polar surface area (TPSA) is 67.4 Å². The van der Waals surface area contributed by atoms with E-state index in [2.05, 4.69) is 10.6 Å². The smallest absolute Gasteiger partial charge is 0.251 e. The molecule has 0 bridgehead atoms. The molecule has 0 aliphatic carbocycles. The van der Waals surface area contributed by atoms with Gasteiger partial charge in [-0.25, -0.2) is 0 Å². The first-order valence-electron chi connectivity index (χ1n) is 7.29. The number of rotatable bonds is 5. The Labute approximate surface area is 135 Å². The summed E-state index contributed by atoms with van der Waals surface area (Å²) >= 11 is 0. The number of aryl methyl sites for hydroxylation is 2. The molecule has 2 aromatic rings. The van der Waals surface area contributed by atoms with Gasteiger partial charge in [-0.05, 0) is 49.2 Å².